The molecule has 0 atom stereocenters. The second-order valence-electron chi connectivity index (χ2n) is 4.13. The van der Waals surface area contributed by atoms with E-state index in [0.29, 0.717) is 11.4 Å². The molecule has 0 fully saturated rings. The van der Waals surface area contributed by atoms with E-state index in [4.69, 9.17) is 5.73 Å². The number of nitrogen functional groups attached to an aromatic ring is 1. The Morgan fingerprint density at radius 1 is 1.39 bits per heavy atom. The number of aryl methyl sites for hydroxylation is 2. The fourth-order valence-corrected chi connectivity index (χ4v) is 3.12. The van der Waals surface area contributed by atoms with Gasteiger partial charge in [0.1, 0.15) is 16.3 Å². The zero-order valence-electron chi connectivity index (χ0n) is 9.94. The lowest BCUT2D eigenvalue weighted by Gasteiger charge is -2.01. The molecular formula is C12H11FN4S. The predicted molar refractivity (Wildman–Crippen MR) is 70.9 cm³/mol. The maximum absolute atomic E-state index is 13.0. The summed E-state index contributed by atoms with van der Waals surface area (Å²) in [5, 5.41) is 5.42. The lowest BCUT2D eigenvalue weighted by Crippen LogP contribution is -1.93. The number of thiophene rings is 1. The van der Waals surface area contributed by atoms with Crippen LogP contribution in [-0.4, -0.2) is 14.8 Å². The quantitative estimate of drug-likeness (QED) is 0.733. The Bertz CT molecular complexity index is 709. The lowest BCUT2D eigenvalue weighted by molar-refractivity contribution is 0.622. The predicted octanol–water partition coefficient (Wildman–Crippen LogP) is 2.73. The zero-order chi connectivity index (χ0) is 12.9. The molecule has 0 spiro atoms. The first kappa shape index (κ1) is 11.2. The molecule has 0 bridgehead atoms. The standard InChI is InChI=1S/C12H11FN4S/c1-6-8-4-10(18-12(8)17(2)16-6)11-9(14)3-7(13)5-15-11/h3-5H,14H2,1-2H3. The van der Waals surface area contributed by atoms with E-state index in [1.807, 2.05) is 24.7 Å². The number of nitrogens with two attached hydrogens (primary N) is 1. The molecular weight excluding hydrogens is 251 g/mol. The van der Waals surface area contributed by atoms with Crippen LogP contribution in [0.4, 0.5) is 10.1 Å². The van der Waals surface area contributed by atoms with Gasteiger partial charge in [-0.15, -0.1) is 11.3 Å². The minimum Gasteiger partial charge on any atom is -0.397 e. The Hall–Kier alpha value is -1.95. The highest BCUT2D eigenvalue weighted by atomic mass is 32.1. The Labute approximate surface area is 107 Å². The third kappa shape index (κ3) is 1.57. The summed E-state index contributed by atoms with van der Waals surface area (Å²) in [7, 11) is 1.90. The first-order valence-corrected chi connectivity index (χ1v) is 6.22. The first-order valence-electron chi connectivity index (χ1n) is 5.41. The summed E-state index contributed by atoms with van der Waals surface area (Å²) in [6.45, 7) is 1.96. The number of aromatic nitrogens is 3. The van der Waals surface area contributed by atoms with Crippen LogP contribution in [-0.2, 0) is 7.05 Å². The highest BCUT2D eigenvalue weighted by molar-refractivity contribution is 7.22. The van der Waals surface area contributed by atoms with Crippen molar-refractivity contribution in [3.63, 3.8) is 0 Å². The largest absolute Gasteiger partial charge is 0.397 e. The van der Waals surface area contributed by atoms with Gasteiger partial charge in [0.15, 0.2) is 0 Å². The molecule has 92 valence electrons. The molecule has 0 aliphatic rings. The van der Waals surface area contributed by atoms with E-state index in [1.165, 1.54) is 12.3 Å². The van der Waals surface area contributed by atoms with Crippen molar-refractivity contribution in [2.24, 2.45) is 7.05 Å². The number of nitrogens with zero attached hydrogens (tertiary/aromatic N) is 3. The van der Waals surface area contributed by atoms with Gasteiger partial charge in [-0.2, -0.15) is 5.10 Å². The SMILES string of the molecule is Cc1nn(C)c2sc(-c3ncc(F)cc3N)cc12. The minimum absolute atomic E-state index is 0.354. The summed E-state index contributed by atoms with van der Waals surface area (Å²) < 4.78 is 14.8. The van der Waals surface area contributed by atoms with Gasteiger partial charge in [0.25, 0.3) is 0 Å². The zero-order valence-corrected chi connectivity index (χ0v) is 10.8. The number of anilines is 1. The van der Waals surface area contributed by atoms with Crippen LogP contribution in [0.2, 0.25) is 0 Å². The van der Waals surface area contributed by atoms with Crippen molar-refractivity contribution in [2.75, 3.05) is 5.73 Å². The van der Waals surface area contributed by atoms with Crippen molar-refractivity contribution >= 4 is 27.2 Å². The van der Waals surface area contributed by atoms with Crippen LogP contribution in [0, 0.1) is 12.7 Å². The average molecular weight is 262 g/mol. The Morgan fingerprint density at radius 3 is 2.83 bits per heavy atom. The number of hydrogen-bond acceptors (Lipinski definition) is 4. The fourth-order valence-electron chi connectivity index (χ4n) is 1.98. The fraction of sp³-hybridized carbons (Fsp3) is 0.167. The normalized spacial score (nSPS) is 11.3. The van der Waals surface area contributed by atoms with Gasteiger partial charge in [0, 0.05) is 18.5 Å². The molecule has 3 heterocycles. The summed E-state index contributed by atoms with van der Waals surface area (Å²) >= 11 is 1.55. The van der Waals surface area contributed by atoms with E-state index in [1.54, 1.807) is 11.3 Å². The molecule has 2 N–H and O–H groups in total. The van der Waals surface area contributed by atoms with E-state index in [9.17, 15) is 4.39 Å². The van der Waals surface area contributed by atoms with Gasteiger partial charge >= 0.3 is 0 Å². The lowest BCUT2D eigenvalue weighted by atomic mass is 10.2. The van der Waals surface area contributed by atoms with Crippen molar-refractivity contribution in [1.82, 2.24) is 14.8 Å². The van der Waals surface area contributed by atoms with Crippen LogP contribution in [0.3, 0.4) is 0 Å². The average Bonchev–Trinajstić information content (AvgIpc) is 2.82. The van der Waals surface area contributed by atoms with Gasteiger partial charge in [0.05, 0.1) is 22.5 Å². The number of rotatable bonds is 1. The molecule has 0 aliphatic carbocycles. The number of fused-ring (bicyclic) bond motifs is 1. The smallest absolute Gasteiger partial charge is 0.143 e. The van der Waals surface area contributed by atoms with E-state index in [-0.39, 0.29) is 0 Å². The van der Waals surface area contributed by atoms with Crippen LogP contribution in [0.15, 0.2) is 18.3 Å². The van der Waals surface area contributed by atoms with Gasteiger partial charge in [-0.1, -0.05) is 0 Å². The summed E-state index contributed by atoms with van der Waals surface area (Å²) in [4.78, 5) is 6.06. The summed E-state index contributed by atoms with van der Waals surface area (Å²) in [5.74, 6) is -0.421. The van der Waals surface area contributed by atoms with Gasteiger partial charge in [0.2, 0.25) is 0 Å². The second kappa shape index (κ2) is 3.78. The van der Waals surface area contributed by atoms with Crippen molar-refractivity contribution in [3.8, 4) is 10.6 Å². The number of halogens is 1. The highest BCUT2D eigenvalue weighted by Crippen LogP contribution is 2.36. The Balaban J connectivity index is 2.22. The molecule has 0 radical (unpaired) electrons. The summed E-state index contributed by atoms with van der Waals surface area (Å²) in [6, 6.07) is 3.29. The van der Waals surface area contributed by atoms with Crippen LogP contribution in [0.25, 0.3) is 20.8 Å². The topological polar surface area (TPSA) is 56.7 Å². The van der Waals surface area contributed by atoms with E-state index in [0.717, 1.165) is 20.8 Å². The molecule has 3 aromatic heterocycles. The van der Waals surface area contributed by atoms with Crippen molar-refractivity contribution in [3.05, 3.63) is 29.8 Å². The monoisotopic (exact) mass is 262 g/mol. The minimum atomic E-state index is -0.421. The molecule has 0 aliphatic heterocycles. The first-order chi connectivity index (χ1) is 8.56. The molecule has 3 aromatic rings. The van der Waals surface area contributed by atoms with Crippen molar-refractivity contribution < 1.29 is 4.39 Å². The number of pyridine rings is 1. The Morgan fingerprint density at radius 2 is 2.17 bits per heavy atom. The molecule has 0 saturated carbocycles. The molecule has 0 aromatic carbocycles. The summed E-state index contributed by atoms with van der Waals surface area (Å²) in [5.41, 5.74) is 7.75. The van der Waals surface area contributed by atoms with E-state index < -0.39 is 5.82 Å². The van der Waals surface area contributed by atoms with Gasteiger partial charge in [-0.3, -0.25) is 9.67 Å². The Kier molecular flexibility index (Phi) is 2.34. The van der Waals surface area contributed by atoms with Crippen LogP contribution < -0.4 is 5.73 Å². The van der Waals surface area contributed by atoms with Gasteiger partial charge in [-0.25, -0.2) is 4.39 Å². The van der Waals surface area contributed by atoms with Gasteiger partial charge in [-0.05, 0) is 13.0 Å². The third-order valence-corrected chi connectivity index (χ3v) is 4.02. The van der Waals surface area contributed by atoms with Crippen LogP contribution in [0.1, 0.15) is 5.69 Å². The molecule has 3 rings (SSSR count). The molecule has 4 nitrogen and oxygen atoms in total. The maximum Gasteiger partial charge on any atom is 0.143 e. The third-order valence-electron chi connectivity index (χ3n) is 2.81. The summed E-state index contributed by atoms with van der Waals surface area (Å²) in [6.07, 6.45) is 1.18. The van der Waals surface area contributed by atoms with Crippen molar-refractivity contribution in [2.45, 2.75) is 6.92 Å². The van der Waals surface area contributed by atoms with Crippen LogP contribution >= 0.6 is 11.3 Å². The molecule has 0 amide bonds. The molecule has 6 heteroatoms. The molecule has 0 unspecified atom stereocenters. The maximum atomic E-state index is 13.0. The molecule has 0 saturated heterocycles. The van der Waals surface area contributed by atoms with Crippen molar-refractivity contribution in [1.29, 1.82) is 0 Å². The second-order valence-corrected chi connectivity index (χ2v) is 5.16. The van der Waals surface area contributed by atoms with Gasteiger partial charge < -0.3 is 5.73 Å². The van der Waals surface area contributed by atoms with E-state index >= 15 is 0 Å². The number of hydrogen-bond donors (Lipinski definition) is 1. The van der Waals surface area contributed by atoms with E-state index in [2.05, 4.69) is 10.1 Å². The molecule has 18 heavy (non-hydrogen) atoms. The van der Waals surface area contributed by atoms with Crippen LogP contribution in [0.5, 0.6) is 0 Å². The highest BCUT2D eigenvalue weighted by Gasteiger charge is 2.14.